The van der Waals surface area contributed by atoms with Crippen LogP contribution in [0.2, 0.25) is 0 Å². The average molecular weight is 345 g/mol. The minimum atomic E-state index is -0.867. The predicted octanol–water partition coefficient (Wildman–Crippen LogP) is 4.62. The molecule has 1 atom stereocenters. The van der Waals surface area contributed by atoms with Gasteiger partial charge in [-0.1, -0.05) is 19.4 Å². The maximum absolute atomic E-state index is 13.6. The first kappa shape index (κ1) is 17.1. The molecule has 3 rings (SSSR count). The molecule has 2 aromatic carbocycles. The minimum Gasteiger partial charge on any atom is -0.454 e. The van der Waals surface area contributed by atoms with Crippen LogP contribution in [-0.4, -0.2) is 11.9 Å². The quantitative estimate of drug-likeness (QED) is 0.805. The van der Waals surface area contributed by atoms with E-state index in [2.05, 4.69) is 12.2 Å². The molecule has 1 aliphatic heterocycles. The summed E-state index contributed by atoms with van der Waals surface area (Å²) >= 11 is 0. The van der Waals surface area contributed by atoms with Crippen molar-refractivity contribution in [3.8, 4) is 0 Å². The Kier molecular flexibility index (Phi) is 4.79. The van der Waals surface area contributed by atoms with Crippen molar-refractivity contribution in [2.45, 2.75) is 32.3 Å². The Bertz CT molecular complexity index is 835. The van der Waals surface area contributed by atoms with Crippen LogP contribution in [0.1, 0.15) is 58.6 Å². The maximum atomic E-state index is 13.6. The highest BCUT2D eigenvalue weighted by Crippen LogP contribution is 2.34. The third-order valence-electron chi connectivity index (χ3n) is 4.13. The summed E-state index contributed by atoms with van der Waals surface area (Å²) in [5, 5.41) is 2.37. The molecule has 0 radical (unpaired) electrons. The van der Waals surface area contributed by atoms with Crippen LogP contribution in [0.4, 0.5) is 14.5 Å². The molecule has 0 fully saturated rings. The predicted molar refractivity (Wildman–Crippen MR) is 88.4 cm³/mol. The number of unbranched alkanes of at least 4 members (excludes halogenated alkanes) is 1. The molecule has 6 heteroatoms. The van der Waals surface area contributed by atoms with Crippen molar-refractivity contribution in [1.82, 2.24) is 0 Å². The van der Waals surface area contributed by atoms with Gasteiger partial charge in [0.1, 0.15) is 17.7 Å². The molecule has 0 aromatic heterocycles. The molecule has 25 heavy (non-hydrogen) atoms. The fourth-order valence-electron chi connectivity index (χ4n) is 2.80. The van der Waals surface area contributed by atoms with Crippen LogP contribution < -0.4 is 5.32 Å². The van der Waals surface area contributed by atoms with Crippen LogP contribution in [0.25, 0.3) is 0 Å². The molecule has 0 saturated carbocycles. The van der Waals surface area contributed by atoms with Crippen molar-refractivity contribution < 1.29 is 23.1 Å². The highest BCUT2D eigenvalue weighted by Gasteiger charge is 2.31. The Morgan fingerprint density at radius 2 is 2.00 bits per heavy atom. The normalized spacial score (nSPS) is 15.6. The fourth-order valence-corrected chi connectivity index (χ4v) is 2.80. The summed E-state index contributed by atoms with van der Waals surface area (Å²) in [5.74, 6) is -2.64. The van der Waals surface area contributed by atoms with Gasteiger partial charge in [-0.2, -0.15) is 0 Å². The third kappa shape index (κ3) is 3.52. The number of esters is 1. The van der Waals surface area contributed by atoms with Gasteiger partial charge in [0.25, 0.3) is 5.91 Å². The Morgan fingerprint density at radius 3 is 2.72 bits per heavy atom. The lowest BCUT2D eigenvalue weighted by molar-refractivity contribution is 0.0364. The van der Waals surface area contributed by atoms with E-state index in [1.54, 1.807) is 12.1 Å². The average Bonchev–Trinajstić information content (AvgIpc) is 2.91. The lowest BCUT2D eigenvalue weighted by atomic mass is 9.99. The summed E-state index contributed by atoms with van der Waals surface area (Å²) in [7, 11) is 0. The zero-order valence-corrected chi connectivity index (χ0v) is 13.6. The first-order valence-corrected chi connectivity index (χ1v) is 8.11. The van der Waals surface area contributed by atoms with Crippen LogP contribution in [0.15, 0.2) is 36.4 Å². The smallest absolute Gasteiger partial charge is 0.339 e. The number of ether oxygens (including phenoxy) is 1. The van der Waals surface area contributed by atoms with E-state index in [1.165, 1.54) is 6.07 Å². The van der Waals surface area contributed by atoms with Crippen molar-refractivity contribution >= 4 is 17.6 Å². The zero-order chi connectivity index (χ0) is 18.0. The van der Waals surface area contributed by atoms with Gasteiger partial charge in [0.15, 0.2) is 0 Å². The number of rotatable bonds is 5. The van der Waals surface area contributed by atoms with E-state index in [1.807, 2.05) is 0 Å². The number of fused-ring (bicyclic) bond motifs is 1. The molecule has 0 saturated heterocycles. The first-order chi connectivity index (χ1) is 12.0. The van der Waals surface area contributed by atoms with Gasteiger partial charge < -0.3 is 10.1 Å². The number of anilines is 1. The molecule has 1 heterocycles. The second kappa shape index (κ2) is 7.01. The molecule has 1 N–H and O–H groups in total. The monoisotopic (exact) mass is 345 g/mol. The summed E-state index contributed by atoms with van der Waals surface area (Å²) in [6.07, 6.45) is 2.38. The number of carbonyl (C=O) groups is 2. The van der Waals surface area contributed by atoms with E-state index < -0.39 is 23.5 Å². The van der Waals surface area contributed by atoms with Crippen molar-refractivity contribution in [2.24, 2.45) is 0 Å². The van der Waals surface area contributed by atoms with Crippen molar-refractivity contribution in [2.75, 3.05) is 5.32 Å². The van der Waals surface area contributed by atoms with Gasteiger partial charge in [-0.3, -0.25) is 4.79 Å². The molecule has 1 aliphatic rings. The van der Waals surface area contributed by atoms with Gasteiger partial charge >= 0.3 is 5.97 Å². The number of hydrogen-bond donors (Lipinski definition) is 1. The SMILES string of the molecule is CCCCC1OC(=O)c2cc(C(=O)Nc3ccc(F)cc3F)ccc21. The molecular weight excluding hydrogens is 328 g/mol. The molecule has 0 bridgehead atoms. The molecule has 1 amide bonds. The zero-order valence-electron chi connectivity index (χ0n) is 13.6. The van der Waals surface area contributed by atoms with Gasteiger partial charge in [0, 0.05) is 17.2 Å². The highest BCUT2D eigenvalue weighted by molar-refractivity contribution is 6.06. The number of nitrogens with one attached hydrogen (secondary N) is 1. The second-order valence-corrected chi connectivity index (χ2v) is 5.92. The van der Waals surface area contributed by atoms with Crippen LogP contribution in [0, 0.1) is 11.6 Å². The molecule has 1 unspecified atom stereocenters. The van der Waals surface area contributed by atoms with Gasteiger partial charge in [-0.05, 0) is 37.1 Å². The number of amides is 1. The largest absolute Gasteiger partial charge is 0.454 e. The summed E-state index contributed by atoms with van der Waals surface area (Å²) in [5.41, 5.74) is 1.20. The topological polar surface area (TPSA) is 55.4 Å². The Morgan fingerprint density at radius 1 is 1.20 bits per heavy atom. The Hall–Kier alpha value is -2.76. The van der Waals surface area contributed by atoms with Crippen LogP contribution in [0.5, 0.6) is 0 Å². The van der Waals surface area contributed by atoms with E-state index in [9.17, 15) is 18.4 Å². The first-order valence-electron chi connectivity index (χ1n) is 8.11. The number of carbonyl (C=O) groups excluding carboxylic acids is 2. The molecule has 2 aromatic rings. The highest BCUT2D eigenvalue weighted by atomic mass is 19.1. The van der Waals surface area contributed by atoms with Crippen molar-refractivity contribution in [1.29, 1.82) is 0 Å². The number of cyclic esters (lactones) is 1. The summed E-state index contributed by atoms with van der Waals surface area (Å²) in [4.78, 5) is 24.3. The summed E-state index contributed by atoms with van der Waals surface area (Å²) in [6.45, 7) is 2.06. The lowest BCUT2D eigenvalue weighted by Crippen LogP contribution is -2.14. The van der Waals surface area contributed by atoms with Gasteiger partial charge in [-0.25, -0.2) is 13.6 Å². The minimum absolute atomic E-state index is 0.129. The van der Waals surface area contributed by atoms with Crippen LogP contribution in [-0.2, 0) is 4.74 Å². The van der Waals surface area contributed by atoms with E-state index in [0.29, 0.717) is 11.6 Å². The fraction of sp³-hybridized carbons (Fsp3) is 0.263. The third-order valence-corrected chi connectivity index (χ3v) is 4.13. The van der Waals surface area contributed by atoms with E-state index in [4.69, 9.17) is 4.74 Å². The number of halogens is 2. The van der Waals surface area contributed by atoms with Gasteiger partial charge in [-0.15, -0.1) is 0 Å². The van der Waals surface area contributed by atoms with Crippen molar-refractivity contribution in [3.05, 3.63) is 64.7 Å². The van der Waals surface area contributed by atoms with E-state index in [0.717, 1.165) is 37.0 Å². The molecule has 0 spiro atoms. The van der Waals surface area contributed by atoms with Gasteiger partial charge in [0.2, 0.25) is 0 Å². The Labute approximate surface area is 143 Å². The lowest BCUT2D eigenvalue weighted by Gasteiger charge is -2.10. The summed E-state index contributed by atoms with van der Waals surface area (Å²) < 4.78 is 31.9. The van der Waals surface area contributed by atoms with Crippen LogP contribution >= 0.6 is 0 Å². The van der Waals surface area contributed by atoms with Gasteiger partial charge in [0.05, 0.1) is 11.3 Å². The molecule has 0 aliphatic carbocycles. The van der Waals surface area contributed by atoms with Crippen LogP contribution in [0.3, 0.4) is 0 Å². The van der Waals surface area contributed by atoms with E-state index in [-0.39, 0.29) is 17.4 Å². The molecule has 130 valence electrons. The summed E-state index contributed by atoms with van der Waals surface area (Å²) in [6, 6.07) is 7.59. The van der Waals surface area contributed by atoms with Crippen molar-refractivity contribution in [3.63, 3.8) is 0 Å². The molecular formula is C19H17F2NO3. The maximum Gasteiger partial charge on any atom is 0.339 e. The Balaban J connectivity index is 1.81. The molecule has 4 nitrogen and oxygen atoms in total. The van der Waals surface area contributed by atoms with E-state index >= 15 is 0 Å². The number of hydrogen-bond acceptors (Lipinski definition) is 3. The number of benzene rings is 2. The second-order valence-electron chi connectivity index (χ2n) is 5.92. The standard InChI is InChI=1S/C19H17F2NO3/c1-2-3-4-17-13-7-5-11(9-14(13)19(24)25-17)18(23)22-16-8-6-12(20)10-15(16)21/h5-10,17H,2-4H2,1H3,(H,22,23).